The highest BCUT2D eigenvalue weighted by Gasteiger charge is 2.27. The lowest BCUT2D eigenvalue weighted by molar-refractivity contribution is 0.0517. The molecule has 1 amide bonds. The van der Waals surface area contributed by atoms with Crippen molar-refractivity contribution in [1.29, 1.82) is 0 Å². The Morgan fingerprint density at radius 1 is 1.15 bits per heavy atom. The number of pyridine rings is 1. The van der Waals surface area contributed by atoms with Crippen molar-refractivity contribution in [3.63, 3.8) is 0 Å². The molecule has 2 aromatic heterocycles. The molecule has 1 N–H and O–H groups in total. The zero-order valence-electron chi connectivity index (χ0n) is 24.0. The first-order chi connectivity index (χ1) is 18.8. The largest absolute Gasteiger partial charge is 0.444 e. The van der Waals surface area contributed by atoms with Crippen LogP contribution in [-0.4, -0.2) is 69.3 Å². The number of carbonyl (C=O) groups is 1. The van der Waals surface area contributed by atoms with E-state index in [2.05, 4.69) is 63.1 Å². The molecule has 3 heterocycles. The molecule has 1 saturated heterocycles. The van der Waals surface area contributed by atoms with Crippen molar-refractivity contribution in [3.05, 3.63) is 59.7 Å². The van der Waals surface area contributed by atoms with Gasteiger partial charge in [-0.1, -0.05) is 18.2 Å². The van der Waals surface area contributed by atoms with Gasteiger partial charge in [0.25, 0.3) is 0 Å². The van der Waals surface area contributed by atoms with Crippen LogP contribution in [-0.2, 0) is 24.2 Å². The summed E-state index contributed by atoms with van der Waals surface area (Å²) >= 11 is 0. The number of carbonyl (C=O) groups excluding carboxylic acids is 1. The molecule has 8 nitrogen and oxygen atoms in total. The predicted molar refractivity (Wildman–Crippen MR) is 155 cm³/mol. The second kappa shape index (κ2) is 12.0. The van der Waals surface area contributed by atoms with E-state index < -0.39 is 5.60 Å². The smallest absolute Gasteiger partial charge is 0.407 e. The lowest BCUT2D eigenvalue weighted by atomic mass is 9.91. The van der Waals surface area contributed by atoms with Gasteiger partial charge in [-0.3, -0.25) is 9.88 Å². The number of rotatable bonds is 8. The second-order valence-electron chi connectivity index (χ2n) is 12.2. The number of ether oxygens (including phenoxy) is 1. The van der Waals surface area contributed by atoms with Gasteiger partial charge in [-0.2, -0.15) is 0 Å². The minimum atomic E-state index is -0.476. The van der Waals surface area contributed by atoms with Gasteiger partial charge in [0.1, 0.15) is 11.4 Å². The summed E-state index contributed by atoms with van der Waals surface area (Å²) in [6.07, 6.45) is 7.42. The van der Waals surface area contributed by atoms with Crippen molar-refractivity contribution in [3.8, 4) is 0 Å². The molecule has 0 bridgehead atoms. The van der Waals surface area contributed by atoms with Gasteiger partial charge in [0, 0.05) is 32.4 Å². The summed E-state index contributed by atoms with van der Waals surface area (Å²) in [6.45, 7) is 11.0. The lowest BCUT2D eigenvalue weighted by Crippen LogP contribution is -2.42. The number of imidazole rings is 1. The molecule has 1 aromatic carbocycles. The monoisotopic (exact) mass is 532 g/mol. The molecule has 1 aliphatic carbocycles. The van der Waals surface area contributed by atoms with Gasteiger partial charge in [0.15, 0.2) is 0 Å². The topological polar surface area (TPSA) is 75.5 Å². The van der Waals surface area contributed by atoms with Crippen LogP contribution in [0.15, 0.2) is 42.6 Å². The molecule has 1 aliphatic heterocycles. The Morgan fingerprint density at radius 2 is 2.00 bits per heavy atom. The molecule has 2 aliphatic rings. The van der Waals surface area contributed by atoms with Gasteiger partial charge in [0.05, 0.1) is 29.3 Å². The molecule has 1 fully saturated rings. The van der Waals surface area contributed by atoms with Gasteiger partial charge in [0.2, 0.25) is 0 Å². The summed E-state index contributed by atoms with van der Waals surface area (Å²) in [4.78, 5) is 26.8. The van der Waals surface area contributed by atoms with Crippen LogP contribution in [0.4, 0.5) is 4.79 Å². The maximum Gasteiger partial charge on any atom is 0.407 e. The van der Waals surface area contributed by atoms with E-state index in [1.165, 1.54) is 36.0 Å². The number of para-hydroxylation sites is 2. The number of nitrogens with one attached hydrogen (secondary N) is 1. The molecule has 210 valence electrons. The van der Waals surface area contributed by atoms with Crippen LogP contribution < -0.4 is 5.32 Å². The van der Waals surface area contributed by atoms with Crippen molar-refractivity contribution < 1.29 is 9.53 Å². The van der Waals surface area contributed by atoms with Crippen LogP contribution in [0.2, 0.25) is 0 Å². The van der Waals surface area contributed by atoms with Crippen molar-refractivity contribution in [2.75, 3.05) is 33.2 Å². The van der Waals surface area contributed by atoms with Gasteiger partial charge in [-0.05, 0) is 96.1 Å². The van der Waals surface area contributed by atoms with Crippen LogP contribution in [0, 0.1) is 5.92 Å². The van der Waals surface area contributed by atoms with Crippen molar-refractivity contribution in [1.82, 2.24) is 29.7 Å². The Balaban J connectivity index is 1.25. The summed E-state index contributed by atoms with van der Waals surface area (Å²) < 4.78 is 7.84. The number of likely N-dealkylation sites (tertiary alicyclic amines) is 1. The molecular formula is C31H44N6O2. The number of aromatic nitrogens is 3. The van der Waals surface area contributed by atoms with Gasteiger partial charge >= 0.3 is 6.09 Å². The molecule has 0 unspecified atom stereocenters. The van der Waals surface area contributed by atoms with Gasteiger partial charge in [-0.25, -0.2) is 9.78 Å². The minimum Gasteiger partial charge on any atom is -0.444 e. The van der Waals surface area contributed by atoms with E-state index in [-0.39, 0.29) is 6.09 Å². The molecule has 0 radical (unpaired) electrons. The maximum absolute atomic E-state index is 12.0. The van der Waals surface area contributed by atoms with Crippen LogP contribution in [0.5, 0.6) is 0 Å². The van der Waals surface area contributed by atoms with E-state index in [9.17, 15) is 4.79 Å². The Hall–Kier alpha value is -2.97. The molecule has 5 rings (SSSR count). The molecule has 3 aromatic rings. The SMILES string of the molecule is CN(Cc1nc2ccccc2n1C[C@H]1CCCN(CCNC(=O)OC(C)(C)C)C1)[C@H]1CCCc2cccnc21. The third-order valence-electron chi connectivity index (χ3n) is 7.96. The zero-order chi connectivity index (χ0) is 27.4. The highest BCUT2D eigenvalue weighted by molar-refractivity contribution is 5.75. The summed E-state index contributed by atoms with van der Waals surface area (Å²) in [7, 11) is 2.22. The maximum atomic E-state index is 12.0. The molecule has 0 saturated carbocycles. The molecule has 2 atom stereocenters. The fraction of sp³-hybridized carbons (Fsp3) is 0.581. The van der Waals surface area contributed by atoms with Crippen molar-refractivity contribution in [2.24, 2.45) is 5.92 Å². The van der Waals surface area contributed by atoms with Crippen LogP contribution in [0.3, 0.4) is 0 Å². The number of piperidine rings is 1. The van der Waals surface area contributed by atoms with Crippen LogP contribution >= 0.6 is 0 Å². The summed E-state index contributed by atoms with van der Waals surface area (Å²) in [5.74, 6) is 1.67. The Labute approximate surface area is 232 Å². The highest BCUT2D eigenvalue weighted by Crippen LogP contribution is 2.33. The number of nitrogens with zero attached hydrogens (tertiary/aromatic N) is 5. The number of fused-ring (bicyclic) bond motifs is 2. The number of hydrogen-bond acceptors (Lipinski definition) is 6. The third kappa shape index (κ3) is 6.97. The molecule has 39 heavy (non-hydrogen) atoms. The van der Waals surface area contributed by atoms with E-state index in [4.69, 9.17) is 14.7 Å². The Morgan fingerprint density at radius 3 is 2.85 bits per heavy atom. The lowest BCUT2D eigenvalue weighted by Gasteiger charge is -2.34. The number of amides is 1. The fourth-order valence-corrected chi connectivity index (χ4v) is 6.19. The average Bonchev–Trinajstić information content (AvgIpc) is 3.24. The Bertz CT molecular complexity index is 1270. The first kappa shape index (κ1) is 27.6. The number of hydrogen-bond donors (Lipinski definition) is 1. The average molecular weight is 533 g/mol. The van der Waals surface area contributed by atoms with Gasteiger partial charge in [-0.15, -0.1) is 0 Å². The highest BCUT2D eigenvalue weighted by atomic mass is 16.6. The summed E-state index contributed by atoms with van der Waals surface area (Å²) in [6, 6.07) is 13.1. The van der Waals surface area contributed by atoms with Crippen LogP contribution in [0.25, 0.3) is 11.0 Å². The number of benzene rings is 1. The second-order valence-corrected chi connectivity index (χ2v) is 12.2. The van der Waals surface area contributed by atoms with E-state index >= 15 is 0 Å². The van der Waals surface area contributed by atoms with Gasteiger partial charge < -0.3 is 19.5 Å². The quantitative estimate of drug-likeness (QED) is 0.431. The standard InChI is InChI=1S/C31H44N6O2/c1-31(2,3)39-30(38)33-17-19-36-18-9-10-23(20-36)21-37-26-14-6-5-13-25(26)34-28(37)22-35(4)27-15-7-11-24-12-8-16-32-29(24)27/h5-6,8,12-14,16,23,27H,7,9-11,15,17-22H2,1-4H3,(H,33,38)/t23-,27-/m0/s1. The minimum absolute atomic E-state index is 0.325. The normalized spacial score (nSPS) is 20.2. The predicted octanol–water partition coefficient (Wildman–Crippen LogP) is 5.18. The Kier molecular flexibility index (Phi) is 8.52. The van der Waals surface area contributed by atoms with Crippen molar-refractivity contribution in [2.45, 2.75) is 77.6 Å². The zero-order valence-corrected chi connectivity index (χ0v) is 24.0. The molecular weight excluding hydrogens is 488 g/mol. The summed E-state index contributed by atoms with van der Waals surface area (Å²) in [5, 5.41) is 2.91. The molecule has 0 spiro atoms. The van der Waals surface area contributed by atoms with Crippen molar-refractivity contribution >= 4 is 17.1 Å². The fourth-order valence-electron chi connectivity index (χ4n) is 6.19. The summed E-state index contributed by atoms with van der Waals surface area (Å²) in [5.41, 5.74) is 4.43. The number of aryl methyl sites for hydroxylation is 1. The first-order valence-electron chi connectivity index (χ1n) is 14.5. The first-order valence-corrected chi connectivity index (χ1v) is 14.5. The van der Waals surface area contributed by atoms with E-state index in [1.54, 1.807) is 0 Å². The third-order valence-corrected chi connectivity index (χ3v) is 7.96. The number of alkyl carbamates (subject to hydrolysis) is 1. The van der Waals surface area contributed by atoms with E-state index in [1.807, 2.05) is 27.0 Å². The van der Waals surface area contributed by atoms with E-state index in [0.29, 0.717) is 18.5 Å². The van der Waals surface area contributed by atoms with E-state index in [0.717, 1.165) is 56.9 Å². The van der Waals surface area contributed by atoms with Crippen LogP contribution in [0.1, 0.15) is 69.6 Å². The molecule has 8 heteroatoms.